The molecule has 2 saturated carbocycles. The van der Waals surface area contributed by atoms with Crippen LogP contribution in [0.5, 0.6) is 0 Å². The van der Waals surface area contributed by atoms with E-state index in [-0.39, 0.29) is 0 Å². The van der Waals surface area contributed by atoms with Crippen LogP contribution in [-0.2, 0) is 20.1 Å². The van der Waals surface area contributed by atoms with Gasteiger partial charge >= 0.3 is 5.97 Å². The second-order valence-corrected chi connectivity index (χ2v) is 11.2. The number of aryl methyl sites for hydroxylation is 2. The summed E-state index contributed by atoms with van der Waals surface area (Å²) in [7, 11) is 0. The summed E-state index contributed by atoms with van der Waals surface area (Å²) in [6.07, 6.45) is 11.2. The molecule has 2 heterocycles. The first-order valence-electron chi connectivity index (χ1n) is 13.3. The zero-order valence-electron chi connectivity index (χ0n) is 21.5. The molecule has 1 atom stereocenters. The lowest BCUT2D eigenvalue weighted by Gasteiger charge is -2.27. The van der Waals surface area contributed by atoms with E-state index >= 15 is 0 Å². The minimum atomic E-state index is -1.73. The SMILES string of the molecule is Cc1ccc(C2(O)OC(=O)C(c3ccc4nsnc4c3)=C2CC2CCCC2)cc1C.O=CC1CCCC1. The monoisotopic (exact) mass is 518 g/mol. The van der Waals surface area contributed by atoms with Gasteiger partial charge in [0.2, 0.25) is 0 Å². The molecule has 194 valence electrons. The first-order chi connectivity index (χ1) is 17.9. The van der Waals surface area contributed by atoms with Crippen molar-refractivity contribution in [2.24, 2.45) is 11.8 Å². The van der Waals surface area contributed by atoms with E-state index in [0.29, 0.717) is 35.0 Å². The van der Waals surface area contributed by atoms with E-state index in [2.05, 4.69) is 8.75 Å². The Morgan fingerprint density at radius 1 is 0.973 bits per heavy atom. The van der Waals surface area contributed by atoms with E-state index in [1.54, 1.807) is 0 Å². The molecule has 37 heavy (non-hydrogen) atoms. The highest BCUT2D eigenvalue weighted by Gasteiger charge is 2.48. The number of aldehydes is 1. The molecular formula is C30H34N2O4S. The van der Waals surface area contributed by atoms with Crippen LogP contribution >= 0.6 is 11.7 Å². The number of benzene rings is 2. The Kier molecular flexibility index (Phi) is 7.54. The van der Waals surface area contributed by atoms with Crippen LogP contribution in [0, 0.1) is 25.7 Å². The normalized spacial score (nSPS) is 22.4. The van der Waals surface area contributed by atoms with Crippen LogP contribution in [0.2, 0.25) is 0 Å². The van der Waals surface area contributed by atoms with Crippen molar-refractivity contribution in [3.8, 4) is 0 Å². The van der Waals surface area contributed by atoms with E-state index in [9.17, 15) is 14.7 Å². The summed E-state index contributed by atoms with van der Waals surface area (Å²) in [4.78, 5) is 23.1. The molecule has 0 radical (unpaired) electrons. The summed E-state index contributed by atoms with van der Waals surface area (Å²) in [6.45, 7) is 4.03. The van der Waals surface area contributed by atoms with Crippen LogP contribution in [0.1, 0.15) is 80.0 Å². The second kappa shape index (κ2) is 10.8. The molecule has 0 saturated heterocycles. The van der Waals surface area contributed by atoms with Crippen molar-refractivity contribution in [1.82, 2.24) is 8.75 Å². The molecule has 0 spiro atoms. The van der Waals surface area contributed by atoms with Gasteiger partial charge in [-0.2, -0.15) is 8.75 Å². The number of fused-ring (bicyclic) bond motifs is 1. The van der Waals surface area contributed by atoms with Gasteiger partial charge < -0.3 is 14.6 Å². The molecule has 1 N–H and O–H groups in total. The maximum atomic E-state index is 13.1. The van der Waals surface area contributed by atoms with Gasteiger partial charge in [0.25, 0.3) is 5.79 Å². The van der Waals surface area contributed by atoms with Crippen molar-refractivity contribution in [1.29, 1.82) is 0 Å². The fourth-order valence-electron chi connectivity index (χ4n) is 5.79. The van der Waals surface area contributed by atoms with Gasteiger partial charge in [-0.05, 0) is 73.9 Å². The molecule has 2 aliphatic carbocycles. The average molecular weight is 519 g/mol. The van der Waals surface area contributed by atoms with Gasteiger partial charge in [0, 0.05) is 17.1 Å². The highest BCUT2D eigenvalue weighted by molar-refractivity contribution is 7.00. The maximum Gasteiger partial charge on any atom is 0.341 e. The Balaban J connectivity index is 0.000000348. The highest BCUT2D eigenvalue weighted by Crippen LogP contribution is 2.48. The number of carbonyl (C=O) groups excluding carboxylic acids is 2. The molecule has 3 aromatic rings. The molecule has 6 nitrogen and oxygen atoms in total. The molecule has 2 aromatic carbocycles. The number of ether oxygens (including phenoxy) is 1. The smallest absolute Gasteiger partial charge is 0.341 e. The zero-order valence-corrected chi connectivity index (χ0v) is 22.4. The number of nitrogens with zero attached hydrogens (tertiary/aromatic N) is 2. The van der Waals surface area contributed by atoms with Crippen molar-refractivity contribution in [3.63, 3.8) is 0 Å². The summed E-state index contributed by atoms with van der Waals surface area (Å²) in [5.74, 6) is -1.35. The van der Waals surface area contributed by atoms with Gasteiger partial charge in [0.1, 0.15) is 17.3 Å². The van der Waals surface area contributed by atoms with E-state index < -0.39 is 11.8 Å². The van der Waals surface area contributed by atoms with E-state index in [1.165, 1.54) is 25.7 Å². The summed E-state index contributed by atoms with van der Waals surface area (Å²) in [5.41, 5.74) is 6.22. The van der Waals surface area contributed by atoms with Crippen LogP contribution in [0.3, 0.4) is 0 Å². The summed E-state index contributed by atoms with van der Waals surface area (Å²) in [6, 6.07) is 11.4. The molecule has 0 amide bonds. The number of aromatic nitrogens is 2. The molecule has 1 aromatic heterocycles. The lowest BCUT2D eigenvalue weighted by Crippen LogP contribution is -2.29. The fourth-order valence-corrected chi connectivity index (χ4v) is 6.31. The summed E-state index contributed by atoms with van der Waals surface area (Å²) < 4.78 is 14.3. The lowest BCUT2D eigenvalue weighted by molar-refractivity contribution is -0.185. The zero-order chi connectivity index (χ0) is 26.0. The second-order valence-electron chi connectivity index (χ2n) is 10.7. The van der Waals surface area contributed by atoms with Crippen LogP contribution in [-0.4, -0.2) is 26.1 Å². The Morgan fingerprint density at radius 2 is 1.68 bits per heavy atom. The Bertz CT molecular complexity index is 1330. The number of carbonyl (C=O) groups is 2. The van der Waals surface area contributed by atoms with Gasteiger partial charge in [0.15, 0.2) is 0 Å². The van der Waals surface area contributed by atoms with Crippen LogP contribution in [0.15, 0.2) is 42.0 Å². The molecule has 1 aliphatic heterocycles. The Morgan fingerprint density at radius 3 is 2.35 bits per heavy atom. The van der Waals surface area contributed by atoms with Crippen molar-refractivity contribution in [2.45, 2.75) is 77.4 Å². The minimum Gasteiger partial charge on any atom is -0.421 e. The van der Waals surface area contributed by atoms with Crippen molar-refractivity contribution >= 4 is 40.6 Å². The van der Waals surface area contributed by atoms with E-state index in [4.69, 9.17) is 4.74 Å². The third-order valence-corrected chi connectivity index (χ3v) is 8.71. The molecule has 0 bridgehead atoms. The molecule has 7 heteroatoms. The van der Waals surface area contributed by atoms with E-state index in [1.807, 2.05) is 50.2 Å². The number of esters is 1. The Hall–Kier alpha value is -2.90. The standard InChI is InChI=1S/C24H24N2O3S.C6H10O/c1-14-7-9-18(11-15(14)2)24(28)19(12-16-5-3-4-6-16)22(23(27)29-24)17-8-10-20-21(13-17)26-30-25-20;7-5-6-3-1-2-4-6/h7-11,13,16,28H,3-6,12H2,1-2H3;5-6H,1-4H2. The molecule has 6 rings (SSSR count). The van der Waals surface area contributed by atoms with Crippen LogP contribution in [0.4, 0.5) is 0 Å². The quantitative estimate of drug-likeness (QED) is 0.310. The molecular weight excluding hydrogens is 484 g/mol. The predicted octanol–water partition coefficient (Wildman–Crippen LogP) is 6.42. The van der Waals surface area contributed by atoms with Gasteiger partial charge in [-0.1, -0.05) is 56.7 Å². The number of hydrogen-bond donors (Lipinski definition) is 1. The third-order valence-electron chi connectivity index (χ3n) is 8.16. The largest absolute Gasteiger partial charge is 0.421 e. The van der Waals surface area contributed by atoms with Crippen LogP contribution in [0.25, 0.3) is 16.6 Å². The van der Waals surface area contributed by atoms with Crippen molar-refractivity contribution in [2.75, 3.05) is 0 Å². The van der Waals surface area contributed by atoms with Gasteiger partial charge in [-0.3, -0.25) is 0 Å². The number of cyclic esters (lactones) is 1. The number of aliphatic hydroxyl groups is 1. The first-order valence-corrected chi connectivity index (χ1v) is 14.1. The third kappa shape index (κ3) is 5.25. The van der Waals surface area contributed by atoms with E-state index in [0.717, 1.165) is 71.4 Å². The Labute approximate surface area is 222 Å². The average Bonchev–Trinajstić information content (AvgIpc) is 3.70. The minimum absolute atomic E-state index is 0.417. The van der Waals surface area contributed by atoms with Crippen molar-refractivity contribution in [3.05, 3.63) is 64.2 Å². The lowest BCUT2D eigenvalue weighted by atomic mass is 9.85. The molecule has 2 fully saturated rings. The summed E-state index contributed by atoms with van der Waals surface area (Å²) in [5, 5.41) is 11.7. The highest BCUT2D eigenvalue weighted by atomic mass is 32.1. The topological polar surface area (TPSA) is 89.4 Å². The van der Waals surface area contributed by atoms with Crippen molar-refractivity contribution < 1.29 is 19.4 Å². The van der Waals surface area contributed by atoms with Crippen LogP contribution < -0.4 is 0 Å². The molecule has 3 aliphatic rings. The van der Waals surface area contributed by atoms with Gasteiger partial charge in [-0.15, -0.1) is 0 Å². The molecule has 1 unspecified atom stereocenters. The predicted molar refractivity (Wildman–Crippen MR) is 145 cm³/mol. The number of rotatable bonds is 5. The fraction of sp³-hybridized carbons (Fsp3) is 0.467. The van der Waals surface area contributed by atoms with Gasteiger partial charge in [-0.25, -0.2) is 4.79 Å². The maximum absolute atomic E-state index is 13.1. The summed E-state index contributed by atoms with van der Waals surface area (Å²) >= 11 is 1.15. The first kappa shape index (κ1) is 25.7. The van der Waals surface area contributed by atoms with Gasteiger partial charge in [0.05, 0.1) is 17.3 Å². The number of hydrogen-bond acceptors (Lipinski definition) is 7.